The smallest absolute Gasteiger partial charge is 0.211 e. The first-order chi connectivity index (χ1) is 10.7. The summed E-state index contributed by atoms with van der Waals surface area (Å²) in [6.45, 7) is 1.42. The summed E-state index contributed by atoms with van der Waals surface area (Å²) in [6.07, 6.45) is 11.8. The topological polar surface area (TPSA) is 88.3 Å². The van der Waals surface area contributed by atoms with E-state index in [-0.39, 0.29) is 10.8 Å². The second kappa shape index (κ2) is 7.42. The molecular weight excluding hydrogens is 282 g/mol. The molecule has 0 heterocycles. The average molecular weight is 303 g/mol. The maximum Gasteiger partial charge on any atom is 0.234 e. The maximum absolute atomic E-state index is 10.6. The molecule has 22 heavy (non-hydrogen) atoms. The Morgan fingerprint density at radius 1 is 0.909 bits per heavy atom. The van der Waals surface area contributed by atoms with Gasteiger partial charge in [-0.2, -0.15) is 0 Å². The summed E-state index contributed by atoms with van der Waals surface area (Å²) in [4.78, 5) is 42.4. The predicted octanol–water partition coefficient (Wildman–Crippen LogP) is 2.34. The van der Waals surface area contributed by atoms with Crippen molar-refractivity contribution in [3.63, 3.8) is 0 Å². The molecule has 2 aliphatic carbocycles. The third-order valence-electron chi connectivity index (χ3n) is 5.72. The maximum atomic E-state index is 10.6. The molecule has 2 bridgehead atoms. The fourth-order valence-corrected chi connectivity index (χ4v) is 4.87. The molecule has 0 aromatic rings. The zero-order valence-electron chi connectivity index (χ0n) is 12.7. The highest BCUT2D eigenvalue weighted by Crippen LogP contribution is 2.67. The molecule has 0 amide bonds. The zero-order valence-corrected chi connectivity index (χ0v) is 12.7. The van der Waals surface area contributed by atoms with Gasteiger partial charge in [-0.15, -0.1) is 0 Å². The molecule has 2 unspecified atom stereocenters. The van der Waals surface area contributed by atoms with Gasteiger partial charge in [0.15, 0.2) is 0 Å². The number of hydrogen-bond acceptors (Lipinski definition) is 6. The minimum Gasteiger partial charge on any atom is -0.211 e. The molecule has 6 nitrogen and oxygen atoms in total. The molecule has 0 radical (unpaired) electrons. The molecule has 0 saturated heterocycles. The first-order valence-corrected chi connectivity index (χ1v) is 7.83. The summed E-state index contributed by atoms with van der Waals surface area (Å²) in [5, 5.41) is 0. The van der Waals surface area contributed by atoms with E-state index in [9.17, 15) is 14.4 Å². The molecule has 2 fully saturated rings. The summed E-state index contributed by atoms with van der Waals surface area (Å²) < 4.78 is 0. The summed E-state index contributed by atoms with van der Waals surface area (Å²) in [5.74, 6) is 0.664. The fourth-order valence-electron chi connectivity index (χ4n) is 4.87. The summed E-state index contributed by atoms with van der Waals surface area (Å²) in [6, 6.07) is 0. The second-order valence-electron chi connectivity index (χ2n) is 6.58. The van der Waals surface area contributed by atoms with Crippen molar-refractivity contribution in [2.45, 2.75) is 44.9 Å². The first kappa shape index (κ1) is 16.5. The van der Waals surface area contributed by atoms with Crippen LogP contribution < -0.4 is 0 Å². The second-order valence-corrected chi connectivity index (χ2v) is 6.58. The standard InChI is InChI=1S/C16H21N3O3/c20-11-17-6-1-3-16(10-19-13-22)9-14-2-4-15(16,8-14)5-7-18-12-21/h14H,1-10H2/t14?,15?,16-/m1/s1. The highest BCUT2D eigenvalue weighted by Gasteiger charge is 2.60. The first-order valence-electron chi connectivity index (χ1n) is 7.83. The molecule has 6 heteroatoms. The number of nitrogens with zero attached hydrogens (tertiary/aromatic N) is 3. The van der Waals surface area contributed by atoms with Crippen LogP contribution in [0.5, 0.6) is 0 Å². The SMILES string of the molecule is O=C=NCCC[C@]1(CN=C=O)CC2CCC1(CCN=C=O)C2. The van der Waals surface area contributed by atoms with Crippen LogP contribution in [0.2, 0.25) is 0 Å². The molecule has 2 rings (SSSR count). The van der Waals surface area contributed by atoms with Gasteiger partial charge in [-0.3, -0.25) is 0 Å². The van der Waals surface area contributed by atoms with Crippen molar-refractivity contribution in [2.24, 2.45) is 31.7 Å². The monoisotopic (exact) mass is 303 g/mol. The average Bonchev–Trinajstić information content (AvgIpc) is 3.06. The van der Waals surface area contributed by atoms with Crippen LogP contribution in [0.15, 0.2) is 15.0 Å². The largest absolute Gasteiger partial charge is 0.234 e. The van der Waals surface area contributed by atoms with Crippen LogP contribution in [0.4, 0.5) is 0 Å². The van der Waals surface area contributed by atoms with E-state index in [1.807, 2.05) is 0 Å². The van der Waals surface area contributed by atoms with E-state index in [0.29, 0.717) is 25.6 Å². The van der Waals surface area contributed by atoms with Gasteiger partial charge in [-0.05, 0) is 61.7 Å². The van der Waals surface area contributed by atoms with Crippen LogP contribution in [-0.2, 0) is 14.4 Å². The summed E-state index contributed by atoms with van der Waals surface area (Å²) >= 11 is 0. The van der Waals surface area contributed by atoms with Gasteiger partial charge in [0.2, 0.25) is 18.2 Å². The van der Waals surface area contributed by atoms with Crippen molar-refractivity contribution in [3.05, 3.63) is 0 Å². The lowest BCUT2D eigenvalue weighted by Crippen LogP contribution is -2.41. The van der Waals surface area contributed by atoms with E-state index < -0.39 is 0 Å². The van der Waals surface area contributed by atoms with E-state index in [1.54, 1.807) is 18.2 Å². The van der Waals surface area contributed by atoms with Crippen molar-refractivity contribution in [3.8, 4) is 0 Å². The Bertz CT molecular complexity index is 545. The zero-order chi connectivity index (χ0) is 15.9. The summed E-state index contributed by atoms with van der Waals surface area (Å²) in [5.41, 5.74) is 0.0351. The molecule has 0 aliphatic heterocycles. The molecule has 2 aliphatic rings. The number of aliphatic imine (C=N–C) groups is 3. The van der Waals surface area contributed by atoms with E-state index in [1.165, 1.54) is 6.42 Å². The Morgan fingerprint density at radius 3 is 2.32 bits per heavy atom. The lowest BCUT2D eigenvalue weighted by atomic mass is 9.59. The van der Waals surface area contributed by atoms with Crippen LogP contribution in [0.3, 0.4) is 0 Å². The fraction of sp³-hybridized carbons (Fsp3) is 0.812. The Labute approximate surface area is 129 Å². The number of fused-ring (bicyclic) bond motifs is 2. The molecule has 0 aromatic carbocycles. The van der Waals surface area contributed by atoms with Crippen LogP contribution in [0.25, 0.3) is 0 Å². The molecule has 0 spiro atoms. The third-order valence-corrected chi connectivity index (χ3v) is 5.72. The lowest BCUT2D eigenvalue weighted by molar-refractivity contribution is 0.0437. The van der Waals surface area contributed by atoms with Gasteiger partial charge in [0.05, 0.1) is 19.6 Å². The molecule has 0 N–H and O–H groups in total. The predicted molar refractivity (Wildman–Crippen MR) is 79.6 cm³/mol. The minimum atomic E-state index is -0.0515. The number of hydrogen-bond donors (Lipinski definition) is 0. The van der Waals surface area contributed by atoms with Crippen LogP contribution >= 0.6 is 0 Å². The van der Waals surface area contributed by atoms with Gasteiger partial charge >= 0.3 is 0 Å². The van der Waals surface area contributed by atoms with E-state index in [4.69, 9.17) is 0 Å². The van der Waals surface area contributed by atoms with Crippen LogP contribution in [0.1, 0.15) is 44.9 Å². The van der Waals surface area contributed by atoms with E-state index >= 15 is 0 Å². The van der Waals surface area contributed by atoms with Gasteiger partial charge < -0.3 is 0 Å². The van der Waals surface area contributed by atoms with Crippen molar-refractivity contribution in [1.29, 1.82) is 0 Å². The van der Waals surface area contributed by atoms with Crippen molar-refractivity contribution < 1.29 is 14.4 Å². The molecule has 2 saturated carbocycles. The molecular formula is C16H21N3O3. The van der Waals surface area contributed by atoms with Gasteiger partial charge in [0.1, 0.15) is 0 Å². The number of isocyanates is 3. The lowest BCUT2D eigenvalue weighted by Gasteiger charge is -2.46. The molecule has 3 atom stereocenters. The highest BCUT2D eigenvalue weighted by atomic mass is 16.1. The van der Waals surface area contributed by atoms with Crippen molar-refractivity contribution in [2.75, 3.05) is 19.6 Å². The molecule has 118 valence electrons. The Balaban J connectivity index is 2.18. The number of carbonyl (C=O) groups excluding carboxylic acids is 3. The quantitative estimate of drug-likeness (QED) is 0.372. The number of rotatable bonds is 9. The normalized spacial score (nSPS) is 31.9. The van der Waals surface area contributed by atoms with Gasteiger partial charge in [0, 0.05) is 0 Å². The summed E-state index contributed by atoms with van der Waals surface area (Å²) in [7, 11) is 0. The highest BCUT2D eigenvalue weighted by molar-refractivity contribution is 5.34. The van der Waals surface area contributed by atoms with E-state index in [0.717, 1.165) is 38.5 Å². The van der Waals surface area contributed by atoms with Gasteiger partial charge in [-0.1, -0.05) is 0 Å². The van der Waals surface area contributed by atoms with Crippen LogP contribution in [0, 0.1) is 16.7 Å². The van der Waals surface area contributed by atoms with Crippen LogP contribution in [-0.4, -0.2) is 37.9 Å². The minimum absolute atomic E-state index is 0.0515. The van der Waals surface area contributed by atoms with Crippen molar-refractivity contribution in [1.82, 2.24) is 0 Å². The van der Waals surface area contributed by atoms with Crippen molar-refractivity contribution >= 4 is 18.2 Å². The third kappa shape index (κ3) is 3.15. The van der Waals surface area contributed by atoms with Gasteiger partial charge in [-0.25, -0.2) is 29.4 Å². The Morgan fingerprint density at radius 2 is 1.64 bits per heavy atom. The Kier molecular flexibility index (Phi) is 5.57. The Hall–Kier alpha value is -1.86. The molecule has 0 aromatic heterocycles. The van der Waals surface area contributed by atoms with Gasteiger partial charge in [0.25, 0.3) is 0 Å². The van der Waals surface area contributed by atoms with E-state index in [2.05, 4.69) is 15.0 Å².